The van der Waals surface area contributed by atoms with Gasteiger partial charge in [0.05, 0.1) is 11.6 Å². The van der Waals surface area contributed by atoms with Crippen LogP contribution < -0.4 is 11.3 Å². The van der Waals surface area contributed by atoms with Crippen LogP contribution in [0.4, 0.5) is 0 Å². The summed E-state index contributed by atoms with van der Waals surface area (Å²) >= 11 is 0. The van der Waals surface area contributed by atoms with Gasteiger partial charge in [0, 0.05) is 24.2 Å². The monoisotopic (exact) mass is 408 g/mol. The highest BCUT2D eigenvalue weighted by Crippen LogP contribution is 2.29. The van der Waals surface area contributed by atoms with E-state index < -0.39 is 5.91 Å². The van der Waals surface area contributed by atoms with Crippen LogP contribution in [0.3, 0.4) is 0 Å². The number of amides is 2. The number of nitriles is 1. The standard InChI is InChI=1S/C21H22N4O2.C2H6.CH4/c1-14-2-5-18(12-19(14)20(26)24-23)21(27)25-10-8-17(9-11-25)16-6-3-15(13-22)4-7-16;1-2;/h2-7,12,17H,8-11,23H2,1H3,(H,24,26);1-2H3;1H4. The second-order valence-electron chi connectivity index (χ2n) is 6.80. The summed E-state index contributed by atoms with van der Waals surface area (Å²) in [5, 5.41) is 8.90. The van der Waals surface area contributed by atoms with Crippen molar-refractivity contribution < 1.29 is 9.59 Å². The van der Waals surface area contributed by atoms with E-state index in [4.69, 9.17) is 11.1 Å². The van der Waals surface area contributed by atoms with E-state index in [1.54, 1.807) is 18.2 Å². The summed E-state index contributed by atoms with van der Waals surface area (Å²) in [6.07, 6.45) is 1.75. The Morgan fingerprint density at radius 2 is 1.70 bits per heavy atom. The maximum Gasteiger partial charge on any atom is 0.265 e. The number of hydrogen-bond acceptors (Lipinski definition) is 4. The molecule has 30 heavy (non-hydrogen) atoms. The van der Waals surface area contributed by atoms with Gasteiger partial charge in [-0.25, -0.2) is 5.84 Å². The first-order valence-corrected chi connectivity index (χ1v) is 9.94. The zero-order valence-electron chi connectivity index (χ0n) is 17.2. The molecule has 2 aromatic rings. The Balaban J connectivity index is 0.00000146. The minimum atomic E-state index is -0.401. The molecule has 160 valence electrons. The van der Waals surface area contributed by atoms with Gasteiger partial charge >= 0.3 is 0 Å². The number of nitrogen functional groups attached to an aromatic ring is 1. The minimum absolute atomic E-state index is 0. The van der Waals surface area contributed by atoms with E-state index in [0.717, 1.165) is 18.4 Å². The Hall–Kier alpha value is -3.17. The van der Waals surface area contributed by atoms with Gasteiger partial charge in [0.25, 0.3) is 11.8 Å². The predicted molar refractivity (Wildman–Crippen MR) is 120 cm³/mol. The normalized spacial score (nSPS) is 13.2. The van der Waals surface area contributed by atoms with Gasteiger partial charge in [-0.2, -0.15) is 5.26 Å². The van der Waals surface area contributed by atoms with Crippen molar-refractivity contribution in [2.24, 2.45) is 5.84 Å². The van der Waals surface area contributed by atoms with E-state index in [9.17, 15) is 9.59 Å². The van der Waals surface area contributed by atoms with E-state index >= 15 is 0 Å². The van der Waals surface area contributed by atoms with Crippen LogP contribution in [0.2, 0.25) is 0 Å². The number of rotatable bonds is 3. The molecule has 1 saturated heterocycles. The van der Waals surface area contributed by atoms with E-state index in [-0.39, 0.29) is 13.3 Å². The van der Waals surface area contributed by atoms with Crippen molar-refractivity contribution in [1.82, 2.24) is 10.3 Å². The largest absolute Gasteiger partial charge is 0.339 e. The lowest BCUT2D eigenvalue weighted by molar-refractivity contribution is 0.0713. The summed E-state index contributed by atoms with van der Waals surface area (Å²) in [5.41, 5.74) is 5.66. The average Bonchev–Trinajstić information content (AvgIpc) is 2.80. The predicted octanol–water partition coefficient (Wildman–Crippen LogP) is 4.15. The van der Waals surface area contributed by atoms with Gasteiger partial charge in [-0.05, 0) is 61.1 Å². The first-order chi connectivity index (χ1) is 14.0. The van der Waals surface area contributed by atoms with Crippen molar-refractivity contribution in [2.75, 3.05) is 13.1 Å². The van der Waals surface area contributed by atoms with E-state index in [0.29, 0.717) is 35.7 Å². The molecule has 0 unspecified atom stereocenters. The quantitative estimate of drug-likeness (QED) is 0.453. The third-order valence-corrected chi connectivity index (χ3v) is 5.15. The van der Waals surface area contributed by atoms with Crippen LogP contribution in [-0.2, 0) is 0 Å². The number of carbonyl (C=O) groups is 2. The minimum Gasteiger partial charge on any atom is -0.339 e. The molecule has 0 spiro atoms. The van der Waals surface area contributed by atoms with Crippen LogP contribution in [0.15, 0.2) is 42.5 Å². The van der Waals surface area contributed by atoms with E-state index in [2.05, 4.69) is 11.5 Å². The first kappa shape index (κ1) is 24.9. The van der Waals surface area contributed by atoms with Crippen LogP contribution in [0.1, 0.15) is 77.4 Å². The Kier molecular flexibility index (Phi) is 9.73. The van der Waals surface area contributed by atoms with E-state index in [1.807, 2.05) is 49.9 Å². The third-order valence-electron chi connectivity index (χ3n) is 5.15. The second-order valence-corrected chi connectivity index (χ2v) is 6.80. The molecule has 3 rings (SSSR count). The summed E-state index contributed by atoms with van der Waals surface area (Å²) < 4.78 is 0. The highest BCUT2D eigenvalue weighted by Gasteiger charge is 2.25. The molecule has 1 heterocycles. The molecule has 0 atom stereocenters. The van der Waals surface area contributed by atoms with Gasteiger partial charge in [-0.1, -0.05) is 39.5 Å². The number of hydrogen-bond donors (Lipinski definition) is 2. The molecule has 1 fully saturated rings. The highest BCUT2D eigenvalue weighted by atomic mass is 16.2. The molecule has 0 radical (unpaired) electrons. The molecular formula is C24H32N4O2. The number of nitrogens with one attached hydrogen (secondary N) is 1. The number of carbonyl (C=O) groups excluding carboxylic acids is 2. The number of aryl methyl sites for hydroxylation is 1. The zero-order chi connectivity index (χ0) is 21.4. The number of likely N-dealkylation sites (tertiary alicyclic amines) is 1. The van der Waals surface area contributed by atoms with Crippen molar-refractivity contribution >= 4 is 11.8 Å². The fourth-order valence-electron chi connectivity index (χ4n) is 3.51. The van der Waals surface area contributed by atoms with Crippen LogP contribution >= 0.6 is 0 Å². The van der Waals surface area contributed by atoms with Crippen molar-refractivity contribution in [2.45, 2.75) is 47.0 Å². The molecule has 0 aromatic heterocycles. The maximum absolute atomic E-state index is 12.8. The number of benzene rings is 2. The molecule has 6 nitrogen and oxygen atoms in total. The lowest BCUT2D eigenvalue weighted by atomic mass is 9.89. The Morgan fingerprint density at radius 3 is 2.23 bits per heavy atom. The van der Waals surface area contributed by atoms with Crippen molar-refractivity contribution in [3.05, 3.63) is 70.3 Å². The Morgan fingerprint density at radius 1 is 1.10 bits per heavy atom. The fraction of sp³-hybridized carbons (Fsp3) is 0.375. The lowest BCUT2D eigenvalue weighted by Crippen LogP contribution is -2.38. The van der Waals surface area contributed by atoms with Gasteiger partial charge in [0.1, 0.15) is 0 Å². The van der Waals surface area contributed by atoms with Crippen LogP contribution in [0, 0.1) is 18.3 Å². The summed E-state index contributed by atoms with van der Waals surface area (Å²) in [7, 11) is 0. The molecule has 6 heteroatoms. The summed E-state index contributed by atoms with van der Waals surface area (Å²) in [4.78, 5) is 26.5. The zero-order valence-corrected chi connectivity index (χ0v) is 17.2. The lowest BCUT2D eigenvalue weighted by Gasteiger charge is -2.32. The maximum atomic E-state index is 12.8. The third kappa shape index (κ3) is 5.68. The van der Waals surface area contributed by atoms with Crippen LogP contribution in [0.25, 0.3) is 0 Å². The molecule has 1 aliphatic rings. The first-order valence-electron chi connectivity index (χ1n) is 9.94. The van der Waals surface area contributed by atoms with Crippen LogP contribution in [0.5, 0.6) is 0 Å². The van der Waals surface area contributed by atoms with Gasteiger partial charge in [0.15, 0.2) is 0 Å². The average molecular weight is 409 g/mol. The molecule has 2 amide bonds. The topological polar surface area (TPSA) is 99.2 Å². The Labute approximate surface area is 179 Å². The molecule has 3 N–H and O–H groups in total. The number of nitrogens with two attached hydrogens (primary N) is 1. The van der Waals surface area contributed by atoms with E-state index in [1.165, 1.54) is 5.56 Å². The number of hydrazine groups is 1. The molecule has 0 saturated carbocycles. The highest BCUT2D eigenvalue weighted by molar-refractivity contribution is 6.00. The molecule has 0 bridgehead atoms. The van der Waals surface area contributed by atoms with Crippen molar-refractivity contribution in [3.8, 4) is 6.07 Å². The van der Waals surface area contributed by atoms with Gasteiger partial charge < -0.3 is 4.90 Å². The van der Waals surface area contributed by atoms with Crippen molar-refractivity contribution in [1.29, 1.82) is 5.26 Å². The second kappa shape index (κ2) is 11.7. The molecular weight excluding hydrogens is 376 g/mol. The fourth-order valence-corrected chi connectivity index (χ4v) is 3.51. The number of piperidine rings is 1. The van der Waals surface area contributed by atoms with Gasteiger partial charge in [0.2, 0.25) is 0 Å². The SMILES string of the molecule is C.CC.Cc1ccc(C(=O)N2CCC(c3ccc(C#N)cc3)CC2)cc1C(=O)NN. The molecule has 0 aliphatic carbocycles. The summed E-state index contributed by atoms with van der Waals surface area (Å²) in [6.45, 7) is 7.13. The Bertz CT molecular complexity index is 892. The molecule has 2 aromatic carbocycles. The summed E-state index contributed by atoms with van der Waals surface area (Å²) in [6, 6.07) is 14.9. The van der Waals surface area contributed by atoms with Crippen LogP contribution in [-0.4, -0.2) is 29.8 Å². The summed E-state index contributed by atoms with van der Waals surface area (Å²) in [5.74, 6) is 5.13. The number of nitrogens with zero attached hydrogens (tertiary/aromatic N) is 2. The van der Waals surface area contributed by atoms with Gasteiger partial charge in [-0.3, -0.25) is 15.0 Å². The smallest absolute Gasteiger partial charge is 0.265 e. The van der Waals surface area contributed by atoms with Crippen molar-refractivity contribution in [3.63, 3.8) is 0 Å². The molecule has 1 aliphatic heterocycles. The van der Waals surface area contributed by atoms with Gasteiger partial charge in [-0.15, -0.1) is 0 Å².